The highest BCUT2D eigenvalue weighted by Crippen LogP contribution is 2.33. The summed E-state index contributed by atoms with van der Waals surface area (Å²) in [5.74, 6) is 0.605. The van der Waals surface area contributed by atoms with Gasteiger partial charge >= 0.3 is 6.03 Å². The second-order valence-corrected chi connectivity index (χ2v) is 6.58. The van der Waals surface area contributed by atoms with Crippen LogP contribution >= 0.6 is 0 Å². The second-order valence-electron chi connectivity index (χ2n) is 6.58. The van der Waals surface area contributed by atoms with E-state index in [1.807, 2.05) is 0 Å². The smallest absolute Gasteiger partial charge is 0.314 e. The average Bonchev–Trinajstić information content (AvgIpc) is 3.23. The molecule has 0 aromatic heterocycles. The number of carbonyl (C=O) groups is 2. The second kappa shape index (κ2) is 6.02. The number of piperidine rings is 1. The van der Waals surface area contributed by atoms with Crippen LogP contribution in [0, 0.1) is 11.8 Å². The molecule has 2 rings (SSSR count). The van der Waals surface area contributed by atoms with Crippen LogP contribution < -0.4 is 5.73 Å². The van der Waals surface area contributed by atoms with Crippen LogP contribution in [0.2, 0.25) is 0 Å². The van der Waals surface area contributed by atoms with E-state index in [-0.39, 0.29) is 17.9 Å². The summed E-state index contributed by atoms with van der Waals surface area (Å²) < 4.78 is 0. The van der Waals surface area contributed by atoms with E-state index in [2.05, 4.69) is 25.7 Å². The van der Waals surface area contributed by atoms with E-state index < -0.39 is 6.03 Å². The van der Waals surface area contributed by atoms with Crippen molar-refractivity contribution < 1.29 is 9.59 Å². The Kier molecular flexibility index (Phi) is 4.55. The number of carbonyl (C=O) groups excluding carboxylic acids is 2. The van der Waals surface area contributed by atoms with Gasteiger partial charge in [0, 0.05) is 25.2 Å². The minimum Gasteiger partial charge on any atom is -0.351 e. The van der Waals surface area contributed by atoms with Gasteiger partial charge in [0.25, 0.3) is 0 Å². The Labute approximate surface area is 121 Å². The maximum Gasteiger partial charge on any atom is 0.314 e. The summed E-state index contributed by atoms with van der Waals surface area (Å²) in [6, 6.07) is 0.278. The first-order valence-electron chi connectivity index (χ1n) is 7.78. The predicted molar refractivity (Wildman–Crippen MR) is 78.0 cm³/mol. The molecule has 2 aliphatic rings. The molecule has 0 radical (unpaired) electrons. The fourth-order valence-corrected chi connectivity index (χ4v) is 2.98. The molecule has 5 heteroatoms. The Morgan fingerprint density at radius 3 is 2.35 bits per heavy atom. The zero-order chi connectivity index (χ0) is 14.9. The number of nitrogens with two attached hydrogens (primary N) is 1. The van der Waals surface area contributed by atoms with Crippen molar-refractivity contribution >= 4 is 11.9 Å². The van der Waals surface area contributed by atoms with Crippen molar-refractivity contribution in [2.75, 3.05) is 13.1 Å². The molecule has 1 saturated heterocycles. The highest BCUT2D eigenvalue weighted by atomic mass is 16.2. The maximum atomic E-state index is 12.8. The van der Waals surface area contributed by atoms with Crippen molar-refractivity contribution in [1.29, 1.82) is 0 Å². The molecular weight excluding hydrogens is 254 g/mol. The van der Waals surface area contributed by atoms with Crippen LogP contribution in [-0.2, 0) is 4.79 Å². The van der Waals surface area contributed by atoms with Crippen molar-refractivity contribution in [3.8, 4) is 0 Å². The summed E-state index contributed by atoms with van der Waals surface area (Å²) in [7, 11) is 0. The normalized spacial score (nSPS) is 24.6. The number of nitrogens with zero attached hydrogens (tertiary/aromatic N) is 2. The molecule has 0 aromatic carbocycles. The lowest BCUT2D eigenvalue weighted by atomic mass is 9.94. The molecule has 0 unspecified atom stereocenters. The minimum absolute atomic E-state index is 0.0713. The van der Waals surface area contributed by atoms with Gasteiger partial charge < -0.3 is 15.5 Å². The van der Waals surface area contributed by atoms with Crippen LogP contribution in [0.15, 0.2) is 0 Å². The standard InChI is InChI=1S/C15H27N3O2/c1-10(2)11(3)18(13-6-7-13)14(19)12-5-4-8-17(9-12)15(16)20/h10-13H,4-9H2,1-3H3,(H2,16,20)/t11-,12+/m1/s1. The van der Waals surface area contributed by atoms with Gasteiger partial charge in [-0.2, -0.15) is 0 Å². The van der Waals surface area contributed by atoms with Crippen LogP contribution in [0.3, 0.4) is 0 Å². The summed E-state index contributed by atoms with van der Waals surface area (Å²) in [6.07, 6.45) is 3.98. The molecule has 2 fully saturated rings. The van der Waals surface area contributed by atoms with E-state index >= 15 is 0 Å². The van der Waals surface area contributed by atoms with Crippen LogP contribution in [0.1, 0.15) is 46.5 Å². The van der Waals surface area contributed by atoms with Gasteiger partial charge in [0.05, 0.1) is 5.92 Å². The largest absolute Gasteiger partial charge is 0.351 e. The molecule has 0 bridgehead atoms. The lowest BCUT2D eigenvalue weighted by Crippen LogP contribution is -2.51. The third kappa shape index (κ3) is 3.25. The highest BCUT2D eigenvalue weighted by Gasteiger charge is 2.40. The first kappa shape index (κ1) is 15.1. The zero-order valence-corrected chi connectivity index (χ0v) is 12.8. The number of amides is 3. The molecule has 0 aromatic rings. The molecule has 1 saturated carbocycles. The first-order valence-corrected chi connectivity index (χ1v) is 7.78. The molecule has 2 N–H and O–H groups in total. The summed E-state index contributed by atoms with van der Waals surface area (Å²) >= 11 is 0. The molecule has 2 atom stereocenters. The zero-order valence-electron chi connectivity index (χ0n) is 12.8. The minimum atomic E-state index is -0.405. The van der Waals surface area contributed by atoms with Crippen LogP contribution in [0.5, 0.6) is 0 Å². The van der Waals surface area contributed by atoms with Gasteiger partial charge in [-0.3, -0.25) is 4.79 Å². The van der Waals surface area contributed by atoms with Gasteiger partial charge in [-0.25, -0.2) is 4.79 Å². The predicted octanol–water partition coefficient (Wildman–Crippen LogP) is 1.81. The van der Waals surface area contributed by atoms with Gasteiger partial charge in [-0.1, -0.05) is 13.8 Å². The van der Waals surface area contributed by atoms with Gasteiger partial charge in [0.2, 0.25) is 5.91 Å². The first-order chi connectivity index (χ1) is 9.41. The number of hydrogen-bond acceptors (Lipinski definition) is 2. The van der Waals surface area contributed by atoms with E-state index in [1.165, 1.54) is 0 Å². The molecule has 1 aliphatic carbocycles. The lowest BCUT2D eigenvalue weighted by Gasteiger charge is -2.38. The number of urea groups is 1. The van der Waals surface area contributed by atoms with Crippen molar-refractivity contribution in [3.05, 3.63) is 0 Å². The van der Waals surface area contributed by atoms with E-state index in [9.17, 15) is 9.59 Å². The van der Waals surface area contributed by atoms with E-state index in [0.717, 1.165) is 25.7 Å². The third-order valence-corrected chi connectivity index (χ3v) is 4.68. The summed E-state index contributed by atoms with van der Waals surface area (Å²) in [6.45, 7) is 7.62. The van der Waals surface area contributed by atoms with Crippen molar-refractivity contribution in [2.45, 2.75) is 58.5 Å². The lowest BCUT2D eigenvalue weighted by molar-refractivity contribution is -0.140. The van der Waals surface area contributed by atoms with Crippen LogP contribution in [0.4, 0.5) is 4.79 Å². The molecular formula is C15H27N3O2. The van der Waals surface area contributed by atoms with Crippen molar-refractivity contribution in [3.63, 3.8) is 0 Å². The Morgan fingerprint density at radius 1 is 1.20 bits per heavy atom. The summed E-state index contributed by atoms with van der Waals surface area (Å²) in [4.78, 5) is 27.8. The molecule has 5 nitrogen and oxygen atoms in total. The number of rotatable bonds is 4. The molecule has 114 valence electrons. The number of likely N-dealkylation sites (tertiary alicyclic amines) is 1. The highest BCUT2D eigenvalue weighted by molar-refractivity contribution is 5.81. The molecule has 1 heterocycles. The molecule has 0 spiro atoms. The van der Waals surface area contributed by atoms with Crippen molar-refractivity contribution in [1.82, 2.24) is 9.80 Å². The van der Waals surface area contributed by atoms with Gasteiger partial charge in [-0.15, -0.1) is 0 Å². The van der Waals surface area contributed by atoms with Gasteiger partial charge in [0.1, 0.15) is 0 Å². The Hall–Kier alpha value is -1.26. The third-order valence-electron chi connectivity index (χ3n) is 4.68. The Morgan fingerprint density at radius 2 is 1.85 bits per heavy atom. The number of hydrogen-bond donors (Lipinski definition) is 1. The number of primary amides is 1. The quantitative estimate of drug-likeness (QED) is 0.854. The Balaban J connectivity index is 2.05. The monoisotopic (exact) mass is 281 g/mol. The van der Waals surface area contributed by atoms with Gasteiger partial charge in [0.15, 0.2) is 0 Å². The SMILES string of the molecule is CC(C)[C@@H](C)N(C(=O)[C@H]1CCCN(C(N)=O)C1)C1CC1. The average molecular weight is 281 g/mol. The van der Waals surface area contributed by atoms with E-state index in [1.54, 1.807) is 4.90 Å². The van der Waals surface area contributed by atoms with E-state index in [4.69, 9.17) is 5.73 Å². The maximum absolute atomic E-state index is 12.8. The van der Waals surface area contributed by atoms with Crippen molar-refractivity contribution in [2.24, 2.45) is 17.6 Å². The molecule has 3 amide bonds. The summed E-state index contributed by atoms with van der Waals surface area (Å²) in [5, 5.41) is 0. The molecule has 1 aliphatic heterocycles. The fourth-order valence-electron chi connectivity index (χ4n) is 2.98. The Bertz CT molecular complexity index is 379. The van der Waals surface area contributed by atoms with E-state index in [0.29, 0.717) is 25.0 Å². The summed E-state index contributed by atoms with van der Waals surface area (Å²) in [5.41, 5.74) is 5.35. The topological polar surface area (TPSA) is 66.6 Å². The van der Waals surface area contributed by atoms with Gasteiger partial charge in [-0.05, 0) is 38.5 Å². The van der Waals surface area contributed by atoms with Crippen LogP contribution in [0.25, 0.3) is 0 Å². The van der Waals surface area contributed by atoms with Crippen LogP contribution in [-0.4, -0.2) is 46.9 Å². The fraction of sp³-hybridized carbons (Fsp3) is 0.867. The molecule has 20 heavy (non-hydrogen) atoms.